The van der Waals surface area contributed by atoms with Crippen molar-refractivity contribution in [2.45, 2.75) is 13.0 Å². The molecule has 0 aliphatic rings. The van der Waals surface area contributed by atoms with Gasteiger partial charge in [-0.2, -0.15) is 0 Å². The molecule has 0 bridgehead atoms. The van der Waals surface area contributed by atoms with Gasteiger partial charge in [-0.3, -0.25) is 4.79 Å². The Bertz CT molecular complexity index is 701. The van der Waals surface area contributed by atoms with Gasteiger partial charge in [0.2, 0.25) is 0 Å². The first-order chi connectivity index (χ1) is 9.74. The maximum absolute atomic E-state index is 12.1. The number of para-hydroxylation sites is 2. The number of carbonyl (C=O) groups excluding carboxylic acids is 1. The molecule has 1 N–H and O–H groups in total. The molecule has 1 aromatic heterocycles. The van der Waals surface area contributed by atoms with Gasteiger partial charge in [0, 0.05) is 0 Å². The second-order valence-corrected chi connectivity index (χ2v) is 4.59. The highest BCUT2D eigenvalue weighted by atomic mass is 16.4. The third-order valence-electron chi connectivity index (χ3n) is 3.14. The Hall–Kier alpha value is -2.62. The van der Waals surface area contributed by atoms with Crippen LogP contribution >= 0.6 is 0 Å². The molecule has 3 rings (SSSR count). The van der Waals surface area contributed by atoms with Crippen molar-refractivity contribution in [1.29, 1.82) is 0 Å². The summed E-state index contributed by atoms with van der Waals surface area (Å²) in [5.74, 6) is -0.216. The van der Waals surface area contributed by atoms with E-state index in [4.69, 9.17) is 4.42 Å². The first-order valence-electron chi connectivity index (χ1n) is 6.45. The minimum absolute atomic E-state index is 0.0916. The van der Waals surface area contributed by atoms with E-state index in [1.807, 2.05) is 55.5 Å². The summed E-state index contributed by atoms with van der Waals surface area (Å²) in [6, 6.07) is 17.0. The van der Waals surface area contributed by atoms with E-state index in [9.17, 15) is 4.79 Å². The molecule has 20 heavy (non-hydrogen) atoms. The van der Waals surface area contributed by atoms with Gasteiger partial charge >= 0.3 is 5.91 Å². The maximum Gasteiger partial charge on any atom is 0.307 e. The second kappa shape index (κ2) is 5.17. The van der Waals surface area contributed by atoms with Crippen molar-refractivity contribution >= 4 is 17.0 Å². The Morgan fingerprint density at radius 2 is 1.80 bits per heavy atom. The average molecular weight is 266 g/mol. The number of aromatic nitrogens is 1. The number of hydrogen-bond acceptors (Lipinski definition) is 3. The van der Waals surface area contributed by atoms with E-state index in [1.54, 1.807) is 6.07 Å². The molecule has 0 aliphatic carbocycles. The average Bonchev–Trinajstić information content (AvgIpc) is 2.92. The minimum Gasteiger partial charge on any atom is -0.432 e. The fourth-order valence-electron chi connectivity index (χ4n) is 2.05. The van der Waals surface area contributed by atoms with E-state index in [1.165, 1.54) is 0 Å². The van der Waals surface area contributed by atoms with Crippen molar-refractivity contribution in [2.24, 2.45) is 0 Å². The van der Waals surface area contributed by atoms with E-state index in [0.717, 1.165) is 5.56 Å². The van der Waals surface area contributed by atoms with Crippen LogP contribution in [0.4, 0.5) is 0 Å². The summed E-state index contributed by atoms with van der Waals surface area (Å²) in [6.45, 7) is 1.93. The maximum atomic E-state index is 12.1. The fourth-order valence-corrected chi connectivity index (χ4v) is 2.05. The molecule has 0 saturated carbocycles. The fraction of sp³-hybridized carbons (Fsp3) is 0.125. The van der Waals surface area contributed by atoms with Crippen molar-refractivity contribution in [3.8, 4) is 0 Å². The summed E-state index contributed by atoms with van der Waals surface area (Å²) >= 11 is 0. The first-order valence-corrected chi connectivity index (χ1v) is 6.45. The van der Waals surface area contributed by atoms with E-state index in [-0.39, 0.29) is 17.8 Å². The highest BCUT2D eigenvalue weighted by Crippen LogP contribution is 2.16. The largest absolute Gasteiger partial charge is 0.432 e. The molecule has 100 valence electrons. The Morgan fingerprint density at radius 1 is 1.10 bits per heavy atom. The van der Waals surface area contributed by atoms with E-state index >= 15 is 0 Å². The zero-order valence-electron chi connectivity index (χ0n) is 11.0. The topological polar surface area (TPSA) is 55.1 Å². The molecule has 0 radical (unpaired) electrons. The van der Waals surface area contributed by atoms with Gasteiger partial charge in [0.15, 0.2) is 5.58 Å². The summed E-state index contributed by atoms with van der Waals surface area (Å²) in [6.07, 6.45) is 0. The molecule has 4 nitrogen and oxygen atoms in total. The summed E-state index contributed by atoms with van der Waals surface area (Å²) in [7, 11) is 0. The zero-order valence-corrected chi connectivity index (χ0v) is 11.0. The molecule has 1 heterocycles. The monoisotopic (exact) mass is 266 g/mol. The van der Waals surface area contributed by atoms with Gasteiger partial charge in [-0.15, -0.1) is 0 Å². The molecule has 4 heteroatoms. The van der Waals surface area contributed by atoms with Crippen LogP contribution in [0.5, 0.6) is 0 Å². The molecule has 0 saturated heterocycles. The van der Waals surface area contributed by atoms with Gasteiger partial charge in [0.05, 0.1) is 6.04 Å². The quantitative estimate of drug-likeness (QED) is 0.791. The van der Waals surface area contributed by atoms with Gasteiger partial charge in [-0.05, 0) is 24.6 Å². The van der Waals surface area contributed by atoms with Crippen LogP contribution in [0.2, 0.25) is 0 Å². The number of amides is 1. The van der Waals surface area contributed by atoms with Crippen LogP contribution in [-0.4, -0.2) is 10.9 Å². The number of carbonyl (C=O) groups is 1. The predicted octanol–water partition coefficient (Wildman–Crippen LogP) is 3.32. The third kappa shape index (κ3) is 2.40. The summed E-state index contributed by atoms with van der Waals surface area (Å²) in [5, 5.41) is 2.88. The lowest BCUT2D eigenvalue weighted by Gasteiger charge is -2.12. The molecular weight excluding hydrogens is 252 g/mol. The van der Waals surface area contributed by atoms with Gasteiger partial charge < -0.3 is 9.73 Å². The molecule has 0 unspecified atom stereocenters. The Morgan fingerprint density at radius 3 is 2.55 bits per heavy atom. The van der Waals surface area contributed by atoms with Crippen LogP contribution < -0.4 is 5.32 Å². The van der Waals surface area contributed by atoms with Crippen LogP contribution in [0.25, 0.3) is 11.1 Å². The number of fused-ring (bicyclic) bond motifs is 1. The second-order valence-electron chi connectivity index (χ2n) is 4.59. The van der Waals surface area contributed by atoms with Crippen LogP contribution in [-0.2, 0) is 0 Å². The van der Waals surface area contributed by atoms with E-state index in [0.29, 0.717) is 11.1 Å². The van der Waals surface area contributed by atoms with E-state index in [2.05, 4.69) is 10.3 Å². The van der Waals surface area contributed by atoms with Crippen molar-refractivity contribution in [2.75, 3.05) is 0 Å². The Kier molecular flexibility index (Phi) is 3.21. The lowest BCUT2D eigenvalue weighted by Crippen LogP contribution is -2.26. The molecule has 1 atom stereocenters. The summed E-state index contributed by atoms with van der Waals surface area (Å²) in [5.41, 5.74) is 2.34. The molecule has 1 amide bonds. The molecule has 0 fully saturated rings. The number of nitrogens with one attached hydrogen (secondary N) is 1. The molecule has 2 aromatic carbocycles. The van der Waals surface area contributed by atoms with Gasteiger partial charge in [-0.1, -0.05) is 42.5 Å². The van der Waals surface area contributed by atoms with Crippen LogP contribution in [0.1, 0.15) is 29.2 Å². The summed E-state index contributed by atoms with van der Waals surface area (Å²) < 4.78 is 5.44. The normalized spacial score (nSPS) is 12.2. The minimum atomic E-state index is -0.308. The molecule has 0 spiro atoms. The van der Waals surface area contributed by atoms with E-state index < -0.39 is 0 Å². The van der Waals surface area contributed by atoms with Gasteiger partial charge in [-0.25, -0.2) is 4.98 Å². The third-order valence-corrected chi connectivity index (χ3v) is 3.14. The van der Waals surface area contributed by atoms with Crippen molar-refractivity contribution < 1.29 is 9.21 Å². The lowest BCUT2D eigenvalue weighted by atomic mass is 10.1. The van der Waals surface area contributed by atoms with Crippen molar-refractivity contribution in [3.63, 3.8) is 0 Å². The number of oxazole rings is 1. The highest BCUT2D eigenvalue weighted by Gasteiger charge is 2.16. The lowest BCUT2D eigenvalue weighted by molar-refractivity contribution is 0.0907. The Labute approximate surface area is 116 Å². The molecule has 0 aliphatic heterocycles. The Balaban J connectivity index is 1.79. The predicted molar refractivity (Wildman–Crippen MR) is 76.3 cm³/mol. The zero-order chi connectivity index (χ0) is 13.9. The van der Waals surface area contributed by atoms with Crippen LogP contribution in [0.15, 0.2) is 59.0 Å². The number of rotatable bonds is 3. The first kappa shape index (κ1) is 12.4. The van der Waals surface area contributed by atoms with Crippen LogP contribution in [0.3, 0.4) is 0 Å². The number of hydrogen-bond donors (Lipinski definition) is 1. The number of nitrogens with zero attached hydrogens (tertiary/aromatic N) is 1. The molecular formula is C16H14N2O2. The SMILES string of the molecule is C[C@H](NC(=O)c1nc2ccccc2o1)c1ccccc1. The van der Waals surface area contributed by atoms with Gasteiger partial charge in [0.1, 0.15) is 5.52 Å². The van der Waals surface area contributed by atoms with Crippen molar-refractivity contribution in [1.82, 2.24) is 10.3 Å². The van der Waals surface area contributed by atoms with Crippen molar-refractivity contribution in [3.05, 3.63) is 66.1 Å². The number of benzene rings is 2. The summed E-state index contributed by atoms with van der Waals surface area (Å²) in [4.78, 5) is 16.3. The highest BCUT2D eigenvalue weighted by molar-refractivity contribution is 5.92. The molecule has 3 aromatic rings. The smallest absolute Gasteiger partial charge is 0.307 e. The standard InChI is InChI=1S/C16H14N2O2/c1-11(12-7-3-2-4-8-12)17-15(19)16-18-13-9-5-6-10-14(13)20-16/h2-11H,1H3,(H,17,19)/t11-/m0/s1. The van der Waals surface area contributed by atoms with Gasteiger partial charge in [0.25, 0.3) is 5.89 Å². The van der Waals surface area contributed by atoms with Crippen LogP contribution in [0, 0.1) is 0 Å².